The van der Waals surface area contributed by atoms with Crippen LogP contribution in [-0.2, 0) is 27.1 Å². The van der Waals surface area contributed by atoms with E-state index in [2.05, 4.69) is 15.3 Å². The number of nitrogens with zero attached hydrogens (tertiary/aromatic N) is 1. The molecule has 1 amide bonds. The van der Waals surface area contributed by atoms with Crippen molar-refractivity contribution in [2.75, 3.05) is 18.5 Å². The molecule has 41 heavy (non-hydrogen) atoms. The number of aryl methyl sites for hydroxylation is 1. The summed E-state index contributed by atoms with van der Waals surface area (Å²) in [6.45, 7) is 2.65. The number of anilines is 1. The van der Waals surface area contributed by atoms with Crippen molar-refractivity contribution in [3.05, 3.63) is 86.3 Å². The first-order valence-corrected chi connectivity index (χ1v) is 12.8. The standard InChI is InChI=1S/C27H22F3N3O7S/c1-3-38-26(37)22-14(2)21-23(35)32-19(33-24(21)41-22)12-40-25(36)15-7-9-18(10-8-15)39-13-20(34)31-17-6-4-5-16(11-17)27(28,29)30/h4-11H,3,12-13H2,1-2H3,(H,31,34)(H,32,33,35). The van der Waals surface area contributed by atoms with E-state index in [1.807, 2.05) is 0 Å². The number of nitrogens with one attached hydrogen (secondary N) is 2. The number of rotatable bonds is 9. The number of esters is 2. The van der Waals surface area contributed by atoms with Gasteiger partial charge in [-0.25, -0.2) is 14.6 Å². The zero-order valence-corrected chi connectivity index (χ0v) is 22.4. The molecular weight excluding hydrogens is 567 g/mol. The predicted octanol–water partition coefficient (Wildman–Crippen LogP) is 4.86. The number of aromatic amines is 1. The Labute approximate surface area is 234 Å². The maximum Gasteiger partial charge on any atom is 0.416 e. The Balaban J connectivity index is 1.32. The number of halogens is 3. The van der Waals surface area contributed by atoms with E-state index in [0.717, 1.165) is 23.5 Å². The zero-order valence-electron chi connectivity index (χ0n) is 21.6. The van der Waals surface area contributed by atoms with Crippen molar-refractivity contribution in [1.29, 1.82) is 0 Å². The Morgan fingerprint density at radius 1 is 1.05 bits per heavy atom. The van der Waals surface area contributed by atoms with Crippen molar-refractivity contribution in [1.82, 2.24) is 9.97 Å². The normalized spacial score (nSPS) is 11.2. The van der Waals surface area contributed by atoms with Crippen molar-refractivity contribution < 1.29 is 41.8 Å². The average molecular weight is 590 g/mol. The first-order chi connectivity index (χ1) is 19.5. The van der Waals surface area contributed by atoms with Crippen LogP contribution in [0.25, 0.3) is 10.2 Å². The molecule has 14 heteroatoms. The second kappa shape index (κ2) is 12.2. The highest BCUT2D eigenvalue weighted by Crippen LogP contribution is 2.31. The van der Waals surface area contributed by atoms with E-state index >= 15 is 0 Å². The highest BCUT2D eigenvalue weighted by molar-refractivity contribution is 7.20. The number of amides is 1. The molecular formula is C27H22F3N3O7S. The lowest BCUT2D eigenvalue weighted by molar-refractivity contribution is -0.137. The lowest BCUT2D eigenvalue weighted by Gasteiger charge is -2.11. The van der Waals surface area contributed by atoms with Gasteiger partial charge in [0.05, 0.1) is 23.1 Å². The Bertz CT molecular complexity index is 1660. The minimum Gasteiger partial charge on any atom is -0.484 e. The molecule has 214 valence electrons. The lowest BCUT2D eigenvalue weighted by atomic mass is 10.2. The minimum absolute atomic E-state index is 0.0323. The number of alkyl halides is 3. The number of hydrogen-bond acceptors (Lipinski definition) is 9. The number of H-pyrrole nitrogens is 1. The largest absolute Gasteiger partial charge is 0.484 e. The van der Waals surface area contributed by atoms with Crippen LogP contribution in [0.15, 0.2) is 53.3 Å². The number of carbonyl (C=O) groups excluding carboxylic acids is 3. The second-order valence-corrected chi connectivity index (χ2v) is 9.48. The molecule has 2 N–H and O–H groups in total. The van der Waals surface area contributed by atoms with Crippen molar-refractivity contribution >= 4 is 45.1 Å². The fourth-order valence-electron chi connectivity index (χ4n) is 3.67. The summed E-state index contributed by atoms with van der Waals surface area (Å²) in [7, 11) is 0. The topological polar surface area (TPSA) is 137 Å². The Hall–Kier alpha value is -4.72. The quantitative estimate of drug-likeness (QED) is 0.264. The van der Waals surface area contributed by atoms with Crippen molar-refractivity contribution in [2.45, 2.75) is 26.6 Å². The molecule has 0 aliphatic rings. The predicted molar refractivity (Wildman–Crippen MR) is 142 cm³/mol. The van der Waals surface area contributed by atoms with Crippen LogP contribution in [0.2, 0.25) is 0 Å². The van der Waals surface area contributed by atoms with Crippen LogP contribution >= 0.6 is 11.3 Å². The van der Waals surface area contributed by atoms with E-state index in [1.165, 1.54) is 36.4 Å². The van der Waals surface area contributed by atoms with Crippen molar-refractivity contribution in [3.8, 4) is 5.75 Å². The van der Waals surface area contributed by atoms with Crippen LogP contribution in [0.3, 0.4) is 0 Å². The van der Waals surface area contributed by atoms with Gasteiger partial charge in [0.1, 0.15) is 27.9 Å². The van der Waals surface area contributed by atoms with Crippen LogP contribution in [-0.4, -0.2) is 41.0 Å². The molecule has 2 heterocycles. The van der Waals surface area contributed by atoms with Gasteiger partial charge in [-0.15, -0.1) is 11.3 Å². The Morgan fingerprint density at radius 2 is 1.78 bits per heavy atom. The second-order valence-electron chi connectivity index (χ2n) is 8.49. The van der Waals surface area contributed by atoms with Gasteiger partial charge < -0.3 is 24.5 Å². The molecule has 0 saturated heterocycles. The molecule has 0 bridgehead atoms. The fourth-order valence-corrected chi connectivity index (χ4v) is 4.77. The molecule has 10 nitrogen and oxygen atoms in total. The summed E-state index contributed by atoms with van der Waals surface area (Å²) in [6, 6.07) is 9.78. The van der Waals surface area contributed by atoms with E-state index in [4.69, 9.17) is 14.2 Å². The fraction of sp³-hybridized carbons (Fsp3) is 0.222. The summed E-state index contributed by atoms with van der Waals surface area (Å²) in [5, 5.41) is 2.58. The van der Waals surface area contributed by atoms with E-state index in [-0.39, 0.29) is 46.3 Å². The van der Waals surface area contributed by atoms with Gasteiger partial charge in [-0.3, -0.25) is 9.59 Å². The molecule has 0 atom stereocenters. The van der Waals surface area contributed by atoms with E-state index in [0.29, 0.717) is 10.4 Å². The summed E-state index contributed by atoms with van der Waals surface area (Å²) < 4.78 is 54.1. The van der Waals surface area contributed by atoms with Gasteiger partial charge in [0.25, 0.3) is 11.5 Å². The molecule has 0 saturated carbocycles. The molecule has 0 radical (unpaired) electrons. The average Bonchev–Trinajstić information content (AvgIpc) is 3.27. The van der Waals surface area contributed by atoms with Gasteiger partial charge in [0.15, 0.2) is 6.61 Å². The van der Waals surface area contributed by atoms with Gasteiger partial charge >= 0.3 is 18.1 Å². The zero-order chi connectivity index (χ0) is 29.7. The number of fused-ring (bicyclic) bond motifs is 1. The summed E-state index contributed by atoms with van der Waals surface area (Å²) in [5.41, 5.74) is -0.813. The van der Waals surface area contributed by atoms with Gasteiger partial charge in [-0.05, 0) is 61.9 Å². The highest BCUT2D eigenvalue weighted by Gasteiger charge is 2.30. The molecule has 4 rings (SSSR count). The van der Waals surface area contributed by atoms with Gasteiger partial charge in [0.2, 0.25) is 0 Å². The molecule has 0 aliphatic carbocycles. The maximum absolute atomic E-state index is 12.8. The van der Waals surface area contributed by atoms with Crippen LogP contribution in [0.1, 0.15) is 43.9 Å². The third kappa shape index (κ3) is 7.08. The molecule has 0 unspecified atom stereocenters. The minimum atomic E-state index is -4.54. The summed E-state index contributed by atoms with van der Waals surface area (Å²) >= 11 is 1.01. The summed E-state index contributed by atoms with van der Waals surface area (Å²) in [4.78, 5) is 56.7. The molecule has 0 fully saturated rings. The number of benzene rings is 2. The third-order valence-corrected chi connectivity index (χ3v) is 6.75. The number of ether oxygens (including phenoxy) is 3. The number of carbonyl (C=O) groups is 3. The number of hydrogen-bond donors (Lipinski definition) is 2. The smallest absolute Gasteiger partial charge is 0.416 e. The van der Waals surface area contributed by atoms with Crippen molar-refractivity contribution in [3.63, 3.8) is 0 Å². The first kappa shape index (κ1) is 29.3. The van der Waals surface area contributed by atoms with Crippen LogP contribution in [0, 0.1) is 6.92 Å². The summed E-state index contributed by atoms with van der Waals surface area (Å²) in [5.74, 6) is -1.65. The Kier molecular flexibility index (Phi) is 8.71. The van der Waals surface area contributed by atoms with Gasteiger partial charge in [-0.1, -0.05) is 6.07 Å². The Morgan fingerprint density at radius 3 is 2.46 bits per heavy atom. The van der Waals surface area contributed by atoms with E-state index in [9.17, 15) is 32.3 Å². The van der Waals surface area contributed by atoms with E-state index < -0.39 is 41.8 Å². The third-order valence-electron chi connectivity index (χ3n) is 5.58. The molecule has 0 spiro atoms. The van der Waals surface area contributed by atoms with Gasteiger partial charge in [0, 0.05) is 5.69 Å². The first-order valence-electron chi connectivity index (χ1n) is 12.0. The van der Waals surface area contributed by atoms with Crippen LogP contribution in [0.5, 0.6) is 5.75 Å². The molecule has 0 aliphatic heterocycles. The lowest BCUT2D eigenvalue weighted by Crippen LogP contribution is -2.20. The highest BCUT2D eigenvalue weighted by atomic mass is 32.1. The van der Waals surface area contributed by atoms with E-state index in [1.54, 1.807) is 13.8 Å². The molecule has 2 aromatic heterocycles. The van der Waals surface area contributed by atoms with Crippen molar-refractivity contribution in [2.24, 2.45) is 0 Å². The molecule has 2 aromatic carbocycles. The SMILES string of the molecule is CCOC(=O)c1sc2nc(COC(=O)c3ccc(OCC(=O)Nc4cccc(C(F)(F)F)c4)cc3)[nH]c(=O)c2c1C. The summed E-state index contributed by atoms with van der Waals surface area (Å²) in [6.07, 6.45) is -4.54. The maximum atomic E-state index is 12.8. The van der Waals surface area contributed by atoms with Gasteiger partial charge in [-0.2, -0.15) is 13.2 Å². The molecule has 4 aromatic rings. The van der Waals surface area contributed by atoms with Crippen LogP contribution in [0.4, 0.5) is 18.9 Å². The number of aromatic nitrogens is 2. The monoisotopic (exact) mass is 589 g/mol. The number of thiophene rings is 1. The van der Waals surface area contributed by atoms with Crippen LogP contribution < -0.4 is 15.6 Å².